The summed E-state index contributed by atoms with van der Waals surface area (Å²) in [6, 6.07) is 3.82. The molecule has 1 aromatic rings. The van der Waals surface area contributed by atoms with E-state index in [9.17, 15) is 14.5 Å². The normalized spacial score (nSPS) is 12.4. The van der Waals surface area contributed by atoms with Gasteiger partial charge in [-0.15, -0.1) is 0 Å². The third-order valence-corrected chi connectivity index (χ3v) is 2.58. The number of hydrogen-bond donors (Lipinski definition) is 1. The molecule has 0 amide bonds. The second-order valence-corrected chi connectivity index (χ2v) is 3.76. The van der Waals surface area contributed by atoms with Crippen molar-refractivity contribution in [3.63, 3.8) is 0 Å². The maximum absolute atomic E-state index is 13.0. The van der Waals surface area contributed by atoms with E-state index < -0.39 is 10.7 Å². The highest BCUT2D eigenvalue weighted by atomic mass is 19.1. The molecule has 1 aromatic carbocycles. The number of rotatable bonds is 5. The van der Waals surface area contributed by atoms with E-state index >= 15 is 0 Å². The second-order valence-electron chi connectivity index (χ2n) is 3.76. The predicted octanol–water partition coefficient (Wildman–Crippen LogP) is 2.27. The molecular formula is C11H15FN2O2. The zero-order valence-electron chi connectivity index (χ0n) is 9.37. The minimum Gasteiger partial charge on any atom is -0.317 e. The lowest BCUT2D eigenvalue weighted by Crippen LogP contribution is -2.21. The van der Waals surface area contributed by atoms with Crippen molar-refractivity contribution in [2.75, 3.05) is 7.05 Å². The average molecular weight is 226 g/mol. The molecule has 0 aliphatic rings. The average Bonchev–Trinajstić information content (AvgIpc) is 2.25. The molecule has 5 heteroatoms. The molecule has 4 nitrogen and oxygen atoms in total. The van der Waals surface area contributed by atoms with Gasteiger partial charge in [-0.2, -0.15) is 0 Å². The first-order valence-corrected chi connectivity index (χ1v) is 5.14. The molecule has 0 aliphatic heterocycles. The molecule has 16 heavy (non-hydrogen) atoms. The van der Waals surface area contributed by atoms with E-state index in [1.807, 2.05) is 14.0 Å². The highest BCUT2D eigenvalue weighted by Crippen LogP contribution is 2.21. The Morgan fingerprint density at radius 3 is 2.81 bits per heavy atom. The van der Waals surface area contributed by atoms with Gasteiger partial charge in [0.25, 0.3) is 5.69 Å². The van der Waals surface area contributed by atoms with Gasteiger partial charge in [-0.1, -0.05) is 0 Å². The Morgan fingerprint density at radius 2 is 2.25 bits per heavy atom. The van der Waals surface area contributed by atoms with Crippen LogP contribution < -0.4 is 5.32 Å². The number of nitro groups is 1. The summed E-state index contributed by atoms with van der Waals surface area (Å²) in [4.78, 5) is 10.2. The molecule has 0 aromatic heterocycles. The van der Waals surface area contributed by atoms with Crippen LogP contribution >= 0.6 is 0 Å². The van der Waals surface area contributed by atoms with Crippen LogP contribution in [0.2, 0.25) is 0 Å². The summed E-state index contributed by atoms with van der Waals surface area (Å²) in [5.74, 6) is -0.433. The van der Waals surface area contributed by atoms with Crippen molar-refractivity contribution in [2.45, 2.75) is 25.8 Å². The molecule has 1 unspecified atom stereocenters. The van der Waals surface area contributed by atoms with Crippen LogP contribution in [0, 0.1) is 15.9 Å². The van der Waals surface area contributed by atoms with Crippen LogP contribution in [-0.4, -0.2) is 18.0 Å². The molecule has 0 saturated carbocycles. The lowest BCUT2D eigenvalue weighted by Gasteiger charge is -2.09. The molecular weight excluding hydrogens is 211 g/mol. The van der Waals surface area contributed by atoms with Gasteiger partial charge in [-0.25, -0.2) is 4.39 Å². The number of nitrogens with zero attached hydrogens (tertiary/aromatic N) is 1. The number of nitrogens with one attached hydrogen (secondary N) is 1. The highest BCUT2D eigenvalue weighted by Gasteiger charge is 2.14. The molecule has 0 bridgehead atoms. The molecule has 1 rings (SSSR count). The lowest BCUT2D eigenvalue weighted by atomic mass is 10.0. The third-order valence-electron chi connectivity index (χ3n) is 2.58. The van der Waals surface area contributed by atoms with E-state index in [4.69, 9.17) is 0 Å². The van der Waals surface area contributed by atoms with Gasteiger partial charge < -0.3 is 5.32 Å². The van der Waals surface area contributed by atoms with Gasteiger partial charge in [0.15, 0.2) is 0 Å². The summed E-state index contributed by atoms with van der Waals surface area (Å²) in [6.07, 6.45) is 1.23. The first kappa shape index (κ1) is 12.6. The highest BCUT2D eigenvalue weighted by molar-refractivity contribution is 5.40. The Hall–Kier alpha value is -1.49. The van der Waals surface area contributed by atoms with Crippen molar-refractivity contribution in [2.24, 2.45) is 0 Å². The summed E-state index contributed by atoms with van der Waals surface area (Å²) in [5.41, 5.74) is 0.441. The molecule has 0 saturated heterocycles. The fourth-order valence-corrected chi connectivity index (χ4v) is 1.45. The quantitative estimate of drug-likeness (QED) is 0.619. The lowest BCUT2D eigenvalue weighted by molar-refractivity contribution is -0.385. The fourth-order valence-electron chi connectivity index (χ4n) is 1.45. The van der Waals surface area contributed by atoms with Crippen LogP contribution in [-0.2, 0) is 6.42 Å². The fraction of sp³-hybridized carbons (Fsp3) is 0.455. The summed E-state index contributed by atoms with van der Waals surface area (Å²) in [5, 5.41) is 13.7. The first-order valence-electron chi connectivity index (χ1n) is 5.14. The van der Waals surface area contributed by atoms with Gasteiger partial charge in [0, 0.05) is 17.7 Å². The Bertz CT molecular complexity index is 382. The van der Waals surface area contributed by atoms with Crippen LogP contribution in [0.25, 0.3) is 0 Å². The van der Waals surface area contributed by atoms with Gasteiger partial charge in [0.2, 0.25) is 0 Å². The van der Waals surface area contributed by atoms with E-state index in [-0.39, 0.29) is 11.7 Å². The van der Waals surface area contributed by atoms with Gasteiger partial charge in [0.05, 0.1) is 4.92 Å². The van der Waals surface area contributed by atoms with Crippen LogP contribution in [0.15, 0.2) is 18.2 Å². The van der Waals surface area contributed by atoms with Gasteiger partial charge in [0.1, 0.15) is 5.82 Å². The molecule has 1 atom stereocenters. The summed E-state index contributed by atoms with van der Waals surface area (Å²) < 4.78 is 13.0. The van der Waals surface area contributed by atoms with Crippen LogP contribution in [0.4, 0.5) is 10.1 Å². The van der Waals surface area contributed by atoms with Crippen LogP contribution in [0.3, 0.4) is 0 Å². The maximum atomic E-state index is 13.0. The number of nitro benzene ring substituents is 1. The van der Waals surface area contributed by atoms with Crippen LogP contribution in [0.1, 0.15) is 18.9 Å². The standard InChI is InChI=1S/C11H15FN2O2/c1-8(13-2)3-4-9-7-10(12)5-6-11(9)14(15)16/h5-8,13H,3-4H2,1-2H3. The Labute approximate surface area is 93.6 Å². The molecule has 0 aliphatic carbocycles. The third kappa shape index (κ3) is 3.27. The van der Waals surface area contributed by atoms with Crippen molar-refractivity contribution in [3.8, 4) is 0 Å². The Balaban J connectivity index is 2.84. The number of hydrogen-bond acceptors (Lipinski definition) is 3. The van der Waals surface area contributed by atoms with E-state index in [0.717, 1.165) is 12.5 Å². The van der Waals surface area contributed by atoms with E-state index in [1.54, 1.807) is 0 Å². The molecule has 0 radical (unpaired) electrons. The summed E-state index contributed by atoms with van der Waals surface area (Å²) in [7, 11) is 1.82. The first-order chi connectivity index (χ1) is 7.54. The van der Waals surface area contributed by atoms with Crippen LogP contribution in [0.5, 0.6) is 0 Å². The topological polar surface area (TPSA) is 55.2 Å². The van der Waals surface area contributed by atoms with Gasteiger partial charge in [-0.05, 0) is 38.9 Å². The van der Waals surface area contributed by atoms with Crippen molar-refractivity contribution in [3.05, 3.63) is 39.7 Å². The van der Waals surface area contributed by atoms with E-state index in [2.05, 4.69) is 5.32 Å². The van der Waals surface area contributed by atoms with Crippen molar-refractivity contribution in [1.29, 1.82) is 0 Å². The SMILES string of the molecule is CNC(C)CCc1cc(F)ccc1[N+](=O)[O-]. The van der Waals surface area contributed by atoms with E-state index in [0.29, 0.717) is 12.0 Å². The van der Waals surface area contributed by atoms with E-state index in [1.165, 1.54) is 12.1 Å². The zero-order chi connectivity index (χ0) is 12.1. The molecule has 1 N–H and O–H groups in total. The van der Waals surface area contributed by atoms with Gasteiger partial charge in [-0.3, -0.25) is 10.1 Å². The largest absolute Gasteiger partial charge is 0.317 e. The Kier molecular flexibility index (Phi) is 4.37. The predicted molar refractivity (Wildman–Crippen MR) is 59.9 cm³/mol. The smallest absolute Gasteiger partial charge is 0.272 e. The minimum absolute atomic E-state index is 0.00953. The maximum Gasteiger partial charge on any atom is 0.272 e. The second kappa shape index (κ2) is 5.55. The minimum atomic E-state index is -0.473. The number of benzene rings is 1. The molecule has 0 spiro atoms. The monoisotopic (exact) mass is 226 g/mol. The number of aryl methyl sites for hydroxylation is 1. The summed E-state index contributed by atoms with van der Waals surface area (Å²) in [6.45, 7) is 1.98. The van der Waals surface area contributed by atoms with Gasteiger partial charge >= 0.3 is 0 Å². The van der Waals surface area contributed by atoms with Crippen molar-refractivity contribution in [1.82, 2.24) is 5.32 Å². The molecule has 0 fully saturated rings. The zero-order valence-corrected chi connectivity index (χ0v) is 9.37. The Morgan fingerprint density at radius 1 is 1.56 bits per heavy atom. The molecule has 88 valence electrons. The van der Waals surface area contributed by atoms with Crippen molar-refractivity contribution >= 4 is 5.69 Å². The number of halogens is 1. The molecule has 0 heterocycles. The summed E-state index contributed by atoms with van der Waals surface area (Å²) >= 11 is 0. The van der Waals surface area contributed by atoms with Crippen molar-refractivity contribution < 1.29 is 9.31 Å².